The van der Waals surface area contributed by atoms with Crippen LogP contribution in [0.25, 0.3) is 0 Å². The molecule has 31 heavy (non-hydrogen) atoms. The molecule has 1 unspecified atom stereocenters. The molecule has 0 amide bonds. The van der Waals surface area contributed by atoms with E-state index in [9.17, 15) is 18.0 Å². The highest BCUT2D eigenvalue weighted by Crippen LogP contribution is 2.39. The lowest BCUT2D eigenvalue weighted by Gasteiger charge is -2.38. The molecule has 0 saturated heterocycles. The van der Waals surface area contributed by atoms with Gasteiger partial charge in [0.25, 0.3) is 0 Å². The predicted molar refractivity (Wildman–Crippen MR) is 113 cm³/mol. The molecule has 0 fully saturated rings. The summed E-state index contributed by atoms with van der Waals surface area (Å²) >= 11 is 0. The van der Waals surface area contributed by atoms with Crippen LogP contribution >= 0.6 is 0 Å². The minimum atomic E-state index is -4.45. The van der Waals surface area contributed by atoms with E-state index in [-0.39, 0.29) is 6.54 Å². The molecule has 0 spiro atoms. The largest absolute Gasteiger partial charge is 0.465 e. The van der Waals surface area contributed by atoms with Gasteiger partial charge in [-0.25, -0.2) is 4.79 Å². The first kappa shape index (κ1) is 20.7. The van der Waals surface area contributed by atoms with E-state index >= 15 is 0 Å². The van der Waals surface area contributed by atoms with Gasteiger partial charge in [0.1, 0.15) is 5.54 Å². The van der Waals surface area contributed by atoms with E-state index in [2.05, 4.69) is 10.3 Å². The summed E-state index contributed by atoms with van der Waals surface area (Å²) in [6.45, 7) is 0.276. The zero-order chi connectivity index (χ0) is 22.1. The normalized spacial score (nSPS) is 17.7. The molecule has 3 aromatic carbocycles. The van der Waals surface area contributed by atoms with Crippen molar-refractivity contribution in [2.45, 2.75) is 11.7 Å². The van der Waals surface area contributed by atoms with Gasteiger partial charge in [-0.3, -0.25) is 4.99 Å². The van der Waals surface area contributed by atoms with Crippen molar-refractivity contribution in [2.75, 3.05) is 19.0 Å². The number of methoxy groups -OCH3 is 1. The number of carbonyl (C=O) groups is 1. The monoisotopic (exact) mass is 424 g/mol. The number of ether oxygens (including phenoxy) is 1. The number of aliphatic imine (C=N–C) groups is 1. The summed E-state index contributed by atoms with van der Waals surface area (Å²) < 4.78 is 44.5. The molecule has 0 saturated carbocycles. The zero-order valence-electron chi connectivity index (χ0n) is 16.6. The molecule has 158 valence electrons. The molecule has 7 heteroatoms. The second-order valence-corrected chi connectivity index (χ2v) is 7.23. The molecule has 0 aromatic heterocycles. The van der Waals surface area contributed by atoms with Crippen LogP contribution in [0.15, 0.2) is 77.8 Å². The van der Waals surface area contributed by atoms with Gasteiger partial charge in [-0.15, -0.1) is 0 Å². The van der Waals surface area contributed by atoms with Crippen LogP contribution in [0.5, 0.6) is 0 Å². The maximum Gasteiger partial charge on any atom is 0.416 e. The third kappa shape index (κ3) is 3.91. The molecular formula is C24H19F3N2O2. The molecule has 1 N–H and O–H groups in total. The quantitative estimate of drug-likeness (QED) is 0.580. The lowest BCUT2D eigenvalue weighted by molar-refractivity contribution is -0.137. The number of hydrogen-bond donors (Lipinski definition) is 1. The molecule has 1 atom stereocenters. The standard InChI is InChI=1S/C24H19F3N2O2/c1-31-22(30)16-9-11-18(12-10-16)23(15-28-14-17-5-2-3-8-21(17)23)29-20-7-4-6-19(13-20)24(25,26)27/h2-14,29H,15H2,1H3. The zero-order valence-corrected chi connectivity index (χ0v) is 16.6. The van der Waals surface area contributed by atoms with Crippen LogP contribution in [-0.2, 0) is 16.5 Å². The van der Waals surface area contributed by atoms with E-state index in [0.717, 1.165) is 28.8 Å². The molecule has 1 heterocycles. The summed E-state index contributed by atoms with van der Waals surface area (Å²) in [5.41, 5.74) is 1.57. The molecular weight excluding hydrogens is 405 g/mol. The summed E-state index contributed by atoms with van der Waals surface area (Å²) in [5, 5.41) is 3.31. The number of halogens is 3. The highest BCUT2D eigenvalue weighted by molar-refractivity contribution is 5.89. The Morgan fingerprint density at radius 3 is 2.48 bits per heavy atom. The molecule has 0 bridgehead atoms. The van der Waals surface area contributed by atoms with E-state index in [4.69, 9.17) is 4.74 Å². The van der Waals surface area contributed by atoms with E-state index < -0.39 is 23.2 Å². The van der Waals surface area contributed by atoms with Crippen molar-refractivity contribution in [1.82, 2.24) is 0 Å². The van der Waals surface area contributed by atoms with Gasteiger partial charge in [0.15, 0.2) is 0 Å². The number of anilines is 1. The SMILES string of the molecule is COC(=O)c1ccc(C2(Nc3cccc(C(F)(F)F)c3)CN=Cc3ccccc32)cc1. The minimum Gasteiger partial charge on any atom is -0.465 e. The number of nitrogens with zero attached hydrogens (tertiary/aromatic N) is 1. The molecule has 0 radical (unpaired) electrons. The number of carbonyl (C=O) groups excluding carboxylic acids is 1. The van der Waals surface area contributed by atoms with Crippen molar-refractivity contribution < 1.29 is 22.7 Å². The second-order valence-electron chi connectivity index (χ2n) is 7.23. The molecule has 1 aliphatic heterocycles. The van der Waals surface area contributed by atoms with Crippen LogP contribution in [0.1, 0.15) is 32.6 Å². The molecule has 1 aliphatic rings. The molecule has 4 rings (SSSR count). The summed E-state index contributed by atoms with van der Waals surface area (Å²) in [6, 6.07) is 19.5. The van der Waals surface area contributed by atoms with Gasteiger partial charge in [-0.05, 0) is 47.0 Å². The number of nitrogens with one attached hydrogen (secondary N) is 1. The average Bonchev–Trinajstić information content (AvgIpc) is 2.78. The van der Waals surface area contributed by atoms with Gasteiger partial charge in [0, 0.05) is 11.9 Å². The van der Waals surface area contributed by atoms with Crippen LogP contribution < -0.4 is 5.32 Å². The Labute approximate surface area is 177 Å². The van der Waals surface area contributed by atoms with Gasteiger partial charge in [-0.1, -0.05) is 42.5 Å². The summed E-state index contributed by atoms with van der Waals surface area (Å²) in [6.07, 6.45) is -2.69. The van der Waals surface area contributed by atoms with Gasteiger partial charge in [-0.2, -0.15) is 13.2 Å². The number of alkyl halides is 3. The maximum absolute atomic E-state index is 13.3. The van der Waals surface area contributed by atoms with Crippen molar-refractivity contribution in [3.63, 3.8) is 0 Å². The third-order valence-electron chi connectivity index (χ3n) is 5.33. The highest BCUT2D eigenvalue weighted by atomic mass is 19.4. The van der Waals surface area contributed by atoms with Crippen LogP contribution in [0.4, 0.5) is 18.9 Å². The number of benzene rings is 3. The van der Waals surface area contributed by atoms with Crippen molar-refractivity contribution in [1.29, 1.82) is 0 Å². The molecule has 3 aromatic rings. The van der Waals surface area contributed by atoms with Gasteiger partial charge in [0.2, 0.25) is 0 Å². The fourth-order valence-electron chi connectivity index (χ4n) is 3.82. The third-order valence-corrected chi connectivity index (χ3v) is 5.33. The molecule has 4 nitrogen and oxygen atoms in total. The van der Waals surface area contributed by atoms with Crippen molar-refractivity contribution >= 4 is 17.9 Å². The Hall–Kier alpha value is -3.61. The first-order chi connectivity index (χ1) is 14.8. The average molecular weight is 424 g/mol. The Morgan fingerprint density at radius 2 is 1.77 bits per heavy atom. The van der Waals surface area contributed by atoms with Crippen LogP contribution in [-0.4, -0.2) is 25.8 Å². The maximum atomic E-state index is 13.3. The van der Waals surface area contributed by atoms with Crippen LogP contribution in [0.3, 0.4) is 0 Å². The Balaban J connectivity index is 1.84. The van der Waals surface area contributed by atoms with Crippen molar-refractivity contribution in [2.24, 2.45) is 4.99 Å². The highest BCUT2D eigenvalue weighted by Gasteiger charge is 2.38. The fraction of sp³-hybridized carbons (Fsp3) is 0.167. The van der Waals surface area contributed by atoms with Gasteiger partial charge < -0.3 is 10.1 Å². The van der Waals surface area contributed by atoms with Crippen molar-refractivity contribution in [3.8, 4) is 0 Å². The topological polar surface area (TPSA) is 50.7 Å². The fourth-order valence-corrected chi connectivity index (χ4v) is 3.82. The number of rotatable bonds is 4. The van der Waals surface area contributed by atoms with Gasteiger partial charge in [0.05, 0.1) is 24.8 Å². The first-order valence-corrected chi connectivity index (χ1v) is 9.57. The number of esters is 1. The van der Waals surface area contributed by atoms with Gasteiger partial charge >= 0.3 is 12.1 Å². The summed E-state index contributed by atoms with van der Waals surface area (Å²) in [5.74, 6) is -0.464. The lowest BCUT2D eigenvalue weighted by atomic mass is 9.78. The Morgan fingerprint density at radius 1 is 1.03 bits per heavy atom. The van der Waals surface area contributed by atoms with E-state index in [0.29, 0.717) is 11.3 Å². The number of fused-ring (bicyclic) bond motifs is 1. The van der Waals surface area contributed by atoms with E-state index in [1.54, 1.807) is 36.5 Å². The van der Waals surface area contributed by atoms with Crippen LogP contribution in [0.2, 0.25) is 0 Å². The van der Waals surface area contributed by atoms with Crippen molar-refractivity contribution in [3.05, 3.63) is 101 Å². The van der Waals surface area contributed by atoms with E-state index in [1.807, 2.05) is 24.3 Å². The summed E-state index contributed by atoms with van der Waals surface area (Å²) in [4.78, 5) is 16.3. The molecule has 0 aliphatic carbocycles. The lowest BCUT2D eigenvalue weighted by Crippen LogP contribution is -2.42. The second kappa shape index (κ2) is 7.91. The first-order valence-electron chi connectivity index (χ1n) is 9.57. The Kier molecular flexibility index (Phi) is 5.27. The van der Waals surface area contributed by atoms with Crippen LogP contribution in [0, 0.1) is 0 Å². The summed E-state index contributed by atoms with van der Waals surface area (Å²) in [7, 11) is 1.30. The minimum absolute atomic E-state index is 0.276. The smallest absolute Gasteiger partial charge is 0.416 e. The number of hydrogen-bond acceptors (Lipinski definition) is 4. The van der Waals surface area contributed by atoms with E-state index in [1.165, 1.54) is 13.2 Å². The Bertz CT molecular complexity index is 1140. The predicted octanol–water partition coefficient (Wildman–Crippen LogP) is 5.28.